The van der Waals surface area contributed by atoms with Crippen molar-refractivity contribution < 1.29 is 13.9 Å². The number of anilines is 1. The molecule has 0 aliphatic heterocycles. The molecule has 0 aliphatic rings. The summed E-state index contributed by atoms with van der Waals surface area (Å²) in [7, 11) is 0. The van der Waals surface area contributed by atoms with E-state index < -0.39 is 0 Å². The molecule has 0 saturated carbocycles. The highest BCUT2D eigenvalue weighted by Gasteiger charge is 2.22. The smallest absolute Gasteiger partial charge is 0.293 e. The Labute approximate surface area is 154 Å². The summed E-state index contributed by atoms with van der Waals surface area (Å²) in [5.41, 5.74) is 1.37. The van der Waals surface area contributed by atoms with Crippen molar-refractivity contribution >= 4 is 33.3 Å². The molecular weight excluding hydrogens is 348 g/mol. The summed E-state index contributed by atoms with van der Waals surface area (Å²) >= 11 is 1.42. The number of rotatable bonds is 5. The first-order chi connectivity index (χ1) is 12.7. The lowest BCUT2D eigenvalue weighted by Gasteiger charge is -2.06. The second kappa shape index (κ2) is 7.01. The molecular formula is C20H16N2O3S. The molecule has 0 fully saturated rings. The van der Waals surface area contributed by atoms with Gasteiger partial charge in [-0.15, -0.1) is 11.3 Å². The Morgan fingerprint density at radius 3 is 2.69 bits per heavy atom. The second-order valence-corrected chi connectivity index (χ2v) is 6.97. The lowest BCUT2D eigenvalue weighted by Crippen LogP contribution is -2.13. The molecule has 4 aromatic rings. The Kier molecular flexibility index (Phi) is 4.41. The van der Waals surface area contributed by atoms with Crippen molar-refractivity contribution in [1.29, 1.82) is 0 Å². The van der Waals surface area contributed by atoms with Gasteiger partial charge in [-0.25, -0.2) is 4.98 Å². The Balaban J connectivity index is 1.65. The average Bonchev–Trinajstić information content (AvgIpc) is 3.24. The number of nitrogens with one attached hydrogen (secondary N) is 1. The summed E-state index contributed by atoms with van der Waals surface area (Å²) in [5, 5.41) is 4.21. The summed E-state index contributed by atoms with van der Waals surface area (Å²) in [6.07, 6.45) is 1.72. The Bertz CT molecular complexity index is 1050. The number of hydrogen-bond donors (Lipinski definition) is 1. The number of carbonyl (C=O) groups excluding carboxylic acids is 1. The molecule has 2 aromatic heterocycles. The number of para-hydroxylation sites is 2. The highest BCUT2D eigenvalue weighted by Crippen LogP contribution is 2.28. The predicted molar refractivity (Wildman–Crippen MR) is 102 cm³/mol. The fourth-order valence-corrected chi connectivity index (χ4v) is 3.32. The van der Waals surface area contributed by atoms with E-state index in [2.05, 4.69) is 10.3 Å². The SMILES string of the molecule is Cc1cnc(NC(=O)c2oc3ccccc3c2COc2ccccc2)s1. The van der Waals surface area contributed by atoms with Gasteiger partial charge in [0.25, 0.3) is 5.91 Å². The van der Waals surface area contributed by atoms with Crippen LogP contribution < -0.4 is 10.1 Å². The van der Waals surface area contributed by atoms with Crippen LogP contribution in [0, 0.1) is 6.92 Å². The van der Waals surface area contributed by atoms with Crippen LogP contribution in [0.1, 0.15) is 21.0 Å². The molecule has 0 saturated heterocycles. The third-order valence-electron chi connectivity index (χ3n) is 3.87. The van der Waals surface area contributed by atoms with E-state index in [0.29, 0.717) is 10.7 Å². The van der Waals surface area contributed by atoms with E-state index in [0.717, 1.165) is 21.6 Å². The lowest BCUT2D eigenvalue weighted by atomic mass is 10.1. The number of aryl methyl sites for hydroxylation is 1. The Hall–Kier alpha value is -3.12. The van der Waals surface area contributed by atoms with Crippen LogP contribution in [-0.4, -0.2) is 10.9 Å². The molecule has 1 amide bonds. The topological polar surface area (TPSA) is 64.4 Å². The van der Waals surface area contributed by atoms with Crippen LogP contribution in [0.2, 0.25) is 0 Å². The number of aromatic nitrogens is 1. The van der Waals surface area contributed by atoms with E-state index in [1.807, 2.05) is 61.5 Å². The van der Waals surface area contributed by atoms with Gasteiger partial charge in [0.2, 0.25) is 0 Å². The second-order valence-electron chi connectivity index (χ2n) is 5.74. The zero-order chi connectivity index (χ0) is 17.9. The van der Waals surface area contributed by atoms with Crippen molar-refractivity contribution in [3.05, 3.63) is 77.0 Å². The van der Waals surface area contributed by atoms with Gasteiger partial charge in [0.15, 0.2) is 10.9 Å². The van der Waals surface area contributed by atoms with E-state index in [1.165, 1.54) is 11.3 Å². The minimum Gasteiger partial charge on any atom is -0.489 e. The standard InChI is InChI=1S/C20H16N2O3S/c1-13-11-21-20(26-13)22-19(23)18-16(12-24-14-7-3-2-4-8-14)15-9-5-6-10-17(15)25-18/h2-11H,12H2,1H3,(H,21,22,23). The van der Waals surface area contributed by atoms with Crippen LogP contribution in [0.5, 0.6) is 5.75 Å². The monoisotopic (exact) mass is 364 g/mol. The minimum absolute atomic E-state index is 0.237. The molecule has 130 valence electrons. The van der Waals surface area contributed by atoms with Crippen LogP contribution in [0.15, 0.2) is 65.2 Å². The number of nitrogens with zero attached hydrogens (tertiary/aromatic N) is 1. The molecule has 0 spiro atoms. The zero-order valence-electron chi connectivity index (χ0n) is 14.1. The molecule has 4 rings (SSSR count). The maximum atomic E-state index is 12.7. The van der Waals surface area contributed by atoms with Gasteiger partial charge >= 0.3 is 0 Å². The summed E-state index contributed by atoms with van der Waals surface area (Å²) in [5.74, 6) is 0.650. The minimum atomic E-state index is -0.331. The molecule has 1 N–H and O–H groups in total. The summed E-state index contributed by atoms with van der Waals surface area (Å²) in [6.45, 7) is 2.17. The summed E-state index contributed by atoms with van der Waals surface area (Å²) in [4.78, 5) is 17.9. The summed E-state index contributed by atoms with van der Waals surface area (Å²) < 4.78 is 11.7. The first kappa shape index (κ1) is 16.4. The number of hydrogen-bond acceptors (Lipinski definition) is 5. The van der Waals surface area contributed by atoms with Gasteiger partial charge in [-0.05, 0) is 25.1 Å². The predicted octanol–water partition coefficient (Wildman–Crippen LogP) is 5.03. The number of amides is 1. The van der Waals surface area contributed by atoms with Gasteiger partial charge in [-0.3, -0.25) is 10.1 Å². The number of carbonyl (C=O) groups is 1. The molecule has 0 aliphatic carbocycles. The zero-order valence-corrected chi connectivity index (χ0v) is 14.9. The largest absolute Gasteiger partial charge is 0.489 e. The molecule has 26 heavy (non-hydrogen) atoms. The number of thiazole rings is 1. The van der Waals surface area contributed by atoms with Gasteiger partial charge in [-0.2, -0.15) is 0 Å². The van der Waals surface area contributed by atoms with Gasteiger partial charge in [-0.1, -0.05) is 36.4 Å². The van der Waals surface area contributed by atoms with E-state index >= 15 is 0 Å². The van der Waals surface area contributed by atoms with Crippen molar-refractivity contribution in [2.75, 3.05) is 5.32 Å². The van der Waals surface area contributed by atoms with Gasteiger partial charge in [0.05, 0.1) is 0 Å². The third-order valence-corrected chi connectivity index (χ3v) is 4.70. The number of furan rings is 1. The molecule has 0 unspecified atom stereocenters. The summed E-state index contributed by atoms with van der Waals surface area (Å²) in [6, 6.07) is 17.0. The van der Waals surface area contributed by atoms with Crippen molar-refractivity contribution in [2.45, 2.75) is 13.5 Å². The van der Waals surface area contributed by atoms with E-state index in [9.17, 15) is 4.79 Å². The van der Waals surface area contributed by atoms with Crippen LogP contribution in [-0.2, 0) is 6.61 Å². The molecule has 6 heteroatoms. The average molecular weight is 364 g/mol. The first-order valence-electron chi connectivity index (χ1n) is 8.13. The van der Waals surface area contributed by atoms with Crippen molar-refractivity contribution in [1.82, 2.24) is 4.98 Å². The number of benzene rings is 2. The molecule has 2 heterocycles. The molecule has 0 bridgehead atoms. The normalized spacial score (nSPS) is 10.8. The molecule has 0 radical (unpaired) electrons. The molecule has 2 aromatic carbocycles. The van der Waals surface area contributed by atoms with Crippen molar-refractivity contribution in [2.24, 2.45) is 0 Å². The van der Waals surface area contributed by atoms with Crippen LogP contribution >= 0.6 is 11.3 Å². The molecule has 0 atom stereocenters. The van der Waals surface area contributed by atoms with Gasteiger partial charge in [0, 0.05) is 22.0 Å². The maximum absolute atomic E-state index is 12.7. The maximum Gasteiger partial charge on any atom is 0.293 e. The van der Waals surface area contributed by atoms with Gasteiger partial charge in [0.1, 0.15) is 17.9 Å². The lowest BCUT2D eigenvalue weighted by molar-refractivity contribution is 0.0995. The highest BCUT2D eigenvalue weighted by atomic mass is 32.1. The van der Waals surface area contributed by atoms with Crippen LogP contribution in [0.25, 0.3) is 11.0 Å². The Morgan fingerprint density at radius 1 is 1.15 bits per heavy atom. The number of ether oxygens (including phenoxy) is 1. The van der Waals surface area contributed by atoms with Gasteiger partial charge < -0.3 is 9.15 Å². The third kappa shape index (κ3) is 3.32. The quantitative estimate of drug-likeness (QED) is 0.539. The number of fused-ring (bicyclic) bond motifs is 1. The van der Waals surface area contributed by atoms with Crippen molar-refractivity contribution in [3.63, 3.8) is 0 Å². The fourth-order valence-electron chi connectivity index (χ4n) is 2.66. The van der Waals surface area contributed by atoms with E-state index in [-0.39, 0.29) is 18.3 Å². The van der Waals surface area contributed by atoms with E-state index in [4.69, 9.17) is 9.15 Å². The van der Waals surface area contributed by atoms with Crippen LogP contribution in [0.4, 0.5) is 5.13 Å². The van der Waals surface area contributed by atoms with Crippen molar-refractivity contribution in [3.8, 4) is 5.75 Å². The fraction of sp³-hybridized carbons (Fsp3) is 0.100. The highest BCUT2D eigenvalue weighted by molar-refractivity contribution is 7.15. The first-order valence-corrected chi connectivity index (χ1v) is 8.94. The molecule has 5 nitrogen and oxygen atoms in total. The Morgan fingerprint density at radius 2 is 1.92 bits per heavy atom. The van der Waals surface area contributed by atoms with Crippen LogP contribution in [0.3, 0.4) is 0 Å². The van der Waals surface area contributed by atoms with E-state index in [1.54, 1.807) is 6.20 Å².